The lowest BCUT2D eigenvalue weighted by Crippen LogP contribution is -2.25. The fraction of sp³-hybridized carbons (Fsp3) is 0.296. The fourth-order valence-corrected chi connectivity index (χ4v) is 5.87. The van der Waals surface area contributed by atoms with E-state index in [0.29, 0.717) is 12.3 Å². The molecule has 0 bridgehead atoms. The highest BCUT2D eigenvalue weighted by Gasteiger charge is 2.23. The summed E-state index contributed by atoms with van der Waals surface area (Å²) in [4.78, 5) is 23.3. The number of aryl methyl sites for hydroxylation is 1. The van der Waals surface area contributed by atoms with Crippen molar-refractivity contribution >= 4 is 44.9 Å². The Labute approximate surface area is 203 Å². The third-order valence-corrected chi connectivity index (χ3v) is 8.02. The van der Waals surface area contributed by atoms with E-state index in [0.717, 1.165) is 44.0 Å². The Morgan fingerprint density at radius 2 is 1.82 bits per heavy atom. The highest BCUT2D eigenvalue weighted by atomic mass is 32.2. The Hall–Kier alpha value is -2.70. The second-order valence-corrected chi connectivity index (χ2v) is 10.4. The molecule has 1 unspecified atom stereocenters. The lowest BCUT2D eigenvalue weighted by atomic mass is 10.0. The summed E-state index contributed by atoms with van der Waals surface area (Å²) in [5, 5.41) is 6.94. The molecule has 170 valence electrons. The predicted octanol–water partition coefficient (Wildman–Crippen LogP) is 7.55. The van der Waals surface area contributed by atoms with Crippen molar-refractivity contribution in [1.29, 1.82) is 0 Å². The van der Waals surface area contributed by atoms with Crippen molar-refractivity contribution < 1.29 is 4.79 Å². The minimum Gasteiger partial charge on any atom is -0.325 e. The molecule has 0 spiro atoms. The monoisotopic (exact) mass is 475 g/mol. The first-order valence-electron chi connectivity index (χ1n) is 11.4. The van der Waals surface area contributed by atoms with Crippen molar-refractivity contribution in [2.45, 2.75) is 56.7 Å². The number of fused-ring (bicyclic) bond motifs is 1. The zero-order valence-electron chi connectivity index (χ0n) is 19.5. The fourth-order valence-electron chi connectivity index (χ4n) is 3.85. The second-order valence-electron chi connectivity index (χ2n) is 8.30. The number of benzene rings is 2. The summed E-state index contributed by atoms with van der Waals surface area (Å²) in [5.74, 6) is 0.342. The highest BCUT2D eigenvalue weighted by molar-refractivity contribution is 8.00. The maximum atomic E-state index is 13.2. The molecule has 0 saturated carbocycles. The summed E-state index contributed by atoms with van der Waals surface area (Å²) >= 11 is 3.14. The number of thiophene rings is 1. The van der Waals surface area contributed by atoms with Crippen LogP contribution in [0.2, 0.25) is 0 Å². The molecule has 2 heterocycles. The van der Waals surface area contributed by atoms with E-state index in [-0.39, 0.29) is 11.2 Å². The van der Waals surface area contributed by atoms with Gasteiger partial charge in [0.2, 0.25) is 5.91 Å². The number of carbonyl (C=O) groups excluding carboxylic acids is 1. The van der Waals surface area contributed by atoms with Gasteiger partial charge in [0.1, 0.15) is 16.2 Å². The maximum absolute atomic E-state index is 13.2. The molecule has 1 atom stereocenters. The number of rotatable bonds is 8. The largest absolute Gasteiger partial charge is 0.325 e. The van der Waals surface area contributed by atoms with Gasteiger partial charge in [0.15, 0.2) is 0 Å². The van der Waals surface area contributed by atoms with Crippen LogP contribution in [0.3, 0.4) is 0 Å². The van der Waals surface area contributed by atoms with Crippen LogP contribution in [-0.2, 0) is 11.2 Å². The summed E-state index contributed by atoms with van der Waals surface area (Å²) in [5.41, 5.74) is 5.62. The van der Waals surface area contributed by atoms with Crippen LogP contribution in [0.5, 0.6) is 0 Å². The smallest absolute Gasteiger partial charge is 0.237 e. The first kappa shape index (κ1) is 23.5. The summed E-state index contributed by atoms with van der Waals surface area (Å²) < 4.78 is 0. The zero-order chi connectivity index (χ0) is 23.4. The predicted molar refractivity (Wildman–Crippen MR) is 141 cm³/mol. The number of hydrogen-bond donors (Lipinski definition) is 1. The summed E-state index contributed by atoms with van der Waals surface area (Å²) in [6.45, 7) is 8.48. The van der Waals surface area contributed by atoms with Crippen LogP contribution >= 0.6 is 23.1 Å². The minimum atomic E-state index is -0.251. The molecule has 6 heteroatoms. The lowest BCUT2D eigenvalue weighted by Gasteiger charge is -2.18. The molecule has 4 aromatic rings. The van der Waals surface area contributed by atoms with Crippen molar-refractivity contribution in [1.82, 2.24) is 9.97 Å². The van der Waals surface area contributed by atoms with E-state index in [1.54, 1.807) is 17.7 Å². The average molecular weight is 476 g/mol. The summed E-state index contributed by atoms with van der Waals surface area (Å²) in [6.07, 6.45) is 3.32. The van der Waals surface area contributed by atoms with Crippen LogP contribution in [0.15, 0.2) is 65.3 Å². The number of amides is 1. The first-order chi connectivity index (χ1) is 16.0. The molecule has 0 aliphatic rings. The number of para-hydroxylation sites is 1. The van der Waals surface area contributed by atoms with E-state index in [2.05, 4.69) is 71.8 Å². The van der Waals surface area contributed by atoms with Crippen LogP contribution in [0, 0.1) is 0 Å². The van der Waals surface area contributed by atoms with Crippen LogP contribution in [0.1, 0.15) is 51.2 Å². The number of aromatic nitrogens is 2. The number of thioether (sulfide) groups is 1. The van der Waals surface area contributed by atoms with Crippen molar-refractivity contribution in [3.8, 4) is 11.1 Å². The second kappa shape index (κ2) is 10.5. The van der Waals surface area contributed by atoms with E-state index in [1.807, 2.05) is 25.1 Å². The molecule has 0 aliphatic carbocycles. The molecule has 0 saturated heterocycles. The standard InChI is InChI=1S/C27H29N3OS2/c1-5-18-11-13-19(14-12-18)21-15-32-26-24(21)27(29-16-28-26)33-23(6-2)25(31)30-22-10-8-7-9-20(22)17(3)4/h7-17,23H,5-6H2,1-4H3,(H,30,31). The van der Waals surface area contributed by atoms with Gasteiger partial charge >= 0.3 is 0 Å². The SMILES string of the molecule is CCc1ccc(-c2csc3ncnc(SC(CC)C(=O)Nc4ccccc4C(C)C)c23)cc1. The van der Waals surface area contributed by atoms with E-state index >= 15 is 0 Å². The van der Waals surface area contributed by atoms with Gasteiger partial charge in [0.05, 0.1) is 10.6 Å². The van der Waals surface area contributed by atoms with Crippen LogP contribution in [-0.4, -0.2) is 21.1 Å². The number of nitrogens with one attached hydrogen (secondary N) is 1. The Kier molecular flexibility index (Phi) is 7.46. The number of nitrogens with zero attached hydrogens (tertiary/aromatic N) is 2. The van der Waals surface area contributed by atoms with E-state index in [1.165, 1.54) is 17.3 Å². The van der Waals surface area contributed by atoms with Crippen molar-refractivity contribution in [3.05, 3.63) is 71.4 Å². The number of anilines is 1. The number of carbonyl (C=O) groups is 1. The quantitative estimate of drug-likeness (QED) is 0.211. The summed E-state index contributed by atoms with van der Waals surface area (Å²) in [6, 6.07) is 16.7. The van der Waals surface area contributed by atoms with Crippen molar-refractivity contribution in [3.63, 3.8) is 0 Å². The van der Waals surface area contributed by atoms with Crippen molar-refractivity contribution in [2.24, 2.45) is 0 Å². The van der Waals surface area contributed by atoms with E-state index in [9.17, 15) is 4.79 Å². The molecule has 0 aliphatic heterocycles. The van der Waals surface area contributed by atoms with Gasteiger partial charge < -0.3 is 5.32 Å². The molecule has 1 amide bonds. The molecule has 0 radical (unpaired) electrons. The Morgan fingerprint density at radius 3 is 2.52 bits per heavy atom. The molecule has 2 aromatic heterocycles. The van der Waals surface area contributed by atoms with Crippen LogP contribution in [0.25, 0.3) is 21.3 Å². The normalized spacial score (nSPS) is 12.3. The van der Waals surface area contributed by atoms with Gasteiger partial charge in [-0.25, -0.2) is 9.97 Å². The third-order valence-electron chi connectivity index (χ3n) is 5.77. The molecule has 33 heavy (non-hydrogen) atoms. The van der Waals surface area contributed by atoms with Crippen LogP contribution in [0.4, 0.5) is 5.69 Å². The van der Waals surface area contributed by atoms with Gasteiger partial charge in [0.25, 0.3) is 0 Å². The van der Waals surface area contributed by atoms with E-state index < -0.39 is 0 Å². The highest BCUT2D eigenvalue weighted by Crippen LogP contribution is 2.39. The molecule has 0 fully saturated rings. The molecule has 2 aromatic carbocycles. The van der Waals surface area contributed by atoms with Crippen molar-refractivity contribution in [2.75, 3.05) is 5.32 Å². The average Bonchev–Trinajstić information content (AvgIpc) is 3.27. The number of hydrogen-bond acceptors (Lipinski definition) is 5. The van der Waals surface area contributed by atoms with Gasteiger partial charge in [-0.2, -0.15) is 0 Å². The molecule has 1 N–H and O–H groups in total. The molecular formula is C27H29N3OS2. The van der Waals surface area contributed by atoms with Gasteiger partial charge in [-0.1, -0.05) is 81.9 Å². The minimum absolute atomic E-state index is 0.00596. The maximum Gasteiger partial charge on any atom is 0.237 e. The van der Waals surface area contributed by atoms with Gasteiger partial charge in [-0.3, -0.25) is 4.79 Å². The molecule has 4 rings (SSSR count). The zero-order valence-corrected chi connectivity index (χ0v) is 21.1. The van der Waals surface area contributed by atoms with E-state index in [4.69, 9.17) is 0 Å². The Balaban J connectivity index is 1.63. The lowest BCUT2D eigenvalue weighted by molar-refractivity contribution is -0.115. The Morgan fingerprint density at radius 1 is 1.06 bits per heavy atom. The van der Waals surface area contributed by atoms with Gasteiger partial charge in [0, 0.05) is 16.6 Å². The van der Waals surface area contributed by atoms with Gasteiger partial charge in [-0.05, 0) is 41.5 Å². The molecule has 4 nitrogen and oxygen atoms in total. The van der Waals surface area contributed by atoms with Gasteiger partial charge in [-0.15, -0.1) is 11.3 Å². The summed E-state index contributed by atoms with van der Waals surface area (Å²) in [7, 11) is 0. The van der Waals surface area contributed by atoms with Crippen LogP contribution < -0.4 is 5.32 Å². The molecular weight excluding hydrogens is 446 g/mol. The Bertz CT molecular complexity index is 1250. The third kappa shape index (κ3) is 5.12. The first-order valence-corrected chi connectivity index (χ1v) is 13.2. The topological polar surface area (TPSA) is 54.9 Å².